The number of nitrogens with one attached hydrogen (secondary N) is 1. The minimum atomic E-state index is -0.177. The van der Waals surface area contributed by atoms with Crippen molar-refractivity contribution in [2.24, 2.45) is 0 Å². The van der Waals surface area contributed by atoms with E-state index < -0.39 is 0 Å². The van der Waals surface area contributed by atoms with Crippen LogP contribution in [0.5, 0.6) is 0 Å². The summed E-state index contributed by atoms with van der Waals surface area (Å²) < 4.78 is 0. The number of urea groups is 1. The Kier molecular flexibility index (Phi) is 4.77. The quantitative estimate of drug-likeness (QED) is 0.704. The third-order valence-corrected chi connectivity index (χ3v) is 3.66. The van der Waals surface area contributed by atoms with Crippen molar-refractivity contribution in [3.05, 3.63) is 90.5 Å². The zero-order valence-corrected chi connectivity index (χ0v) is 13.2. The summed E-state index contributed by atoms with van der Waals surface area (Å²) in [5.41, 5.74) is 9.03. The normalized spacial score (nSPS) is 10.2. The minimum Gasteiger partial charge on any atom is -0.399 e. The van der Waals surface area contributed by atoms with Crippen molar-refractivity contribution in [1.82, 2.24) is 5.32 Å². The van der Waals surface area contributed by atoms with E-state index in [2.05, 4.69) is 5.32 Å². The molecule has 24 heavy (non-hydrogen) atoms. The third kappa shape index (κ3) is 3.73. The highest BCUT2D eigenvalue weighted by Crippen LogP contribution is 2.24. The molecule has 3 aromatic carbocycles. The number of anilines is 3. The lowest BCUT2D eigenvalue weighted by Crippen LogP contribution is -2.36. The molecule has 0 bridgehead atoms. The predicted molar refractivity (Wildman–Crippen MR) is 98.1 cm³/mol. The van der Waals surface area contributed by atoms with Crippen LogP contribution in [0.25, 0.3) is 0 Å². The fraction of sp³-hybridized carbons (Fsp3) is 0.0500. The number of benzene rings is 3. The van der Waals surface area contributed by atoms with E-state index in [-0.39, 0.29) is 6.03 Å². The van der Waals surface area contributed by atoms with Gasteiger partial charge in [0.1, 0.15) is 0 Å². The molecule has 0 aliphatic rings. The minimum absolute atomic E-state index is 0.177. The van der Waals surface area contributed by atoms with Crippen molar-refractivity contribution in [2.45, 2.75) is 6.54 Å². The third-order valence-electron chi connectivity index (χ3n) is 3.66. The number of hydrogen-bond donors (Lipinski definition) is 2. The van der Waals surface area contributed by atoms with Crippen LogP contribution in [0.1, 0.15) is 5.56 Å². The van der Waals surface area contributed by atoms with Gasteiger partial charge in [-0.3, -0.25) is 4.90 Å². The molecule has 4 nitrogen and oxygen atoms in total. The second-order valence-electron chi connectivity index (χ2n) is 5.41. The number of nitrogen functional groups attached to an aromatic ring is 1. The summed E-state index contributed by atoms with van der Waals surface area (Å²) >= 11 is 0. The maximum Gasteiger partial charge on any atom is 0.326 e. The van der Waals surface area contributed by atoms with E-state index in [1.54, 1.807) is 4.90 Å². The molecule has 0 spiro atoms. The molecule has 2 amide bonds. The molecule has 0 atom stereocenters. The van der Waals surface area contributed by atoms with Gasteiger partial charge in [0.25, 0.3) is 0 Å². The molecule has 0 heterocycles. The number of carbonyl (C=O) groups is 1. The molecule has 0 saturated carbocycles. The highest BCUT2D eigenvalue weighted by Gasteiger charge is 2.17. The fourth-order valence-electron chi connectivity index (χ4n) is 2.43. The Morgan fingerprint density at radius 3 is 1.79 bits per heavy atom. The molecule has 0 aliphatic carbocycles. The van der Waals surface area contributed by atoms with E-state index >= 15 is 0 Å². The molecule has 0 aliphatic heterocycles. The van der Waals surface area contributed by atoms with Crippen molar-refractivity contribution in [1.29, 1.82) is 0 Å². The maximum atomic E-state index is 12.8. The van der Waals surface area contributed by atoms with E-state index in [9.17, 15) is 4.79 Å². The van der Waals surface area contributed by atoms with Crippen molar-refractivity contribution < 1.29 is 4.79 Å². The first-order chi connectivity index (χ1) is 11.7. The Bertz CT molecular complexity index is 747. The van der Waals surface area contributed by atoms with Crippen LogP contribution >= 0.6 is 0 Å². The number of nitrogens with zero attached hydrogens (tertiary/aromatic N) is 1. The second-order valence-corrected chi connectivity index (χ2v) is 5.41. The zero-order valence-electron chi connectivity index (χ0n) is 13.2. The van der Waals surface area contributed by atoms with Crippen LogP contribution in [0.3, 0.4) is 0 Å². The molecule has 0 unspecified atom stereocenters. The summed E-state index contributed by atoms with van der Waals surface area (Å²) in [6.07, 6.45) is 0. The second kappa shape index (κ2) is 7.33. The van der Waals surface area contributed by atoms with Crippen LogP contribution in [0.4, 0.5) is 21.9 Å². The molecule has 3 aromatic rings. The number of rotatable bonds is 4. The largest absolute Gasteiger partial charge is 0.399 e. The standard InChI is InChI=1S/C20H19N3O/c21-17-13-11-16(12-14-17)15-22-20(24)23(18-7-3-1-4-8-18)19-9-5-2-6-10-19/h1-14H,15,21H2,(H,22,24). The van der Waals surface area contributed by atoms with Gasteiger partial charge in [-0.25, -0.2) is 4.79 Å². The zero-order chi connectivity index (χ0) is 16.8. The number of amides is 2. The molecule has 0 saturated heterocycles. The van der Waals surface area contributed by atoms with E-state index in [0.717, 1.165) is 16.9 Å². The molecular weight excluding hydrogens is 298 g/mol. The van der Waals surface area contributed by atoms with E-state index in [1.165, 1.54) is 0 Å². The van der Waals surface area contributed by atoms with Crippen LogP contribution in [0.2, 0.25) is 0 Å². The molecule has 3 N–H and O–H groups in total. The fourth-order valence-corrected chi connectivity index (χ4v) is 2.43. The van der Waals surface area contributed by atoms with Gasteiger partial charge in [-0.1, -0.05) is 48.5 Å². The van der Waals surface area contributed by atoms with Gasteiger partial charge in [0.05, 0.1) is 11.4 Å². The molecule has 0 radical (unpaired) electrons. The molecule has 120 valence electrons. The van der Waals surface area contributed by atoms with E-state index in [4.69, 9.17) is 5.73 Å². The molecule has 0 aromatic heterocycles. The molecule has 4 heteroatoms. The molecule has 3 rings (SSSR count). The van der Waals surface area contributed by atoms with Gasteiger partial charge in [0, 0.05) is 12.2 Å². The summed E-state index contributed by atoms with van der Waals surface area (Å²) in [6, 6.07) is 26.5. The lowest BCUT2D eigenvalue weighted by Gasteiger charge is -2.23. The first kappa shape index (κ1) is 15.6. The number of nitrogens with two attached hydrogens (primary N) is 1. The van der Waals surface area contributed by atoms with Crippen molar-refractivity contribution >= 4 is 23.1 Å². The smallest absolute Gasteiger partial charge is 0.326 e. The van der Waals surface area contributed by atoms with E-state index in [1.807, 2.05) is 84.9 Å². The van der Waals surface area contributed by atoms with E-state index in [0.29, 0.717) is 12.2 Å². The maximum absolute atomic E-state index is 12.8. The number of carbonyl (C=O) groups excluding carboxylic acids is 1. The molecule has 0 fully saturated rings. The van der Waals surface area contributed by atoms with Gasteiger partial charge < -0.3 is 11.1 Å². The Labute approximate surface area is 141 Å². The summed E-state index contributed by atoms with van der Waals surface area (Å²) in [5, 5.41) is 2.96. The van der Waals surface area contributed by atoms with Gasteiger partial charge in [-0.05, 0) is 42.0 Å². The number of hydrogen-bond acceptors (Lipinski definition) is 2. The topological polar surface area (TPSA) is 58.4 Å². The monoisotopic (exact) mass is 317 g/mol. The lowest BCUT2D eigenvalue weighted by atomic mass is 10.2. The van der Waals surface area contributed by atoms with Gasteiger partial charge in [0.15, 0.2) is 0 Å². The highest BCUT2D eigenvalue weighted by molar-refractivity contribution is 5.99. The van der Waals surface area contributed by atoms with Crippen molar-refractivity contribution in [3.63, 3.8) is 0 Å². The Balaban J connectivity index is 1.80. The average Bonchev–Trinajstić information content (AvgIpc) is 2.63. The summed E-state index contributed by atoms with van der Waals surface area (Å²) in [5.74, 6) is 0. The van der Waals surface area contributed by atoms with Crippen LogP contribution in [0.15, 0.2) is 84.9 Å². The first-order valence-corrected chi connectivity index (χ1v) is 7.76. The number of para-hydroxylation sites is 2. The Hall–Kier alpha value is -3.27. The van der Waals surface area contributed by atoms with Gasteiger partial charge in [-0.15, -0.1) is 0 Å². The van der Waals surface area contributed by atoms with Crippen molar-refractivity contribution in [2.75, 3.05) is 10.6 Å². The summed E-state index contributed by atoms with van der Waals surface area (Å²) in [4.78, 5) is 14.4. The Morgan fingerprint density at radius 1 is 0.792 bits per heavy atom. The van der Waals surface area contributed by atoms with Crippen LogP contribution in [-0.4, -0.2) is 6.03 Å². The van der Waals surface area contributed by atoms with Crippen molar-refractivity contribution in [3.8, 4) is 0 Å². The summed E-state index contributed by atoms with van der Waals surface area (Å²) in [6.45, 7) is 0.440. The highest BCUT2D eigenvalue weighted by atomic mass is 16.2. The predicted octanol–water partition coefficient (Wildman–Crippen LogP) is 4.32. The Morgan fingerprint density at radius 2 is 1.29 bits per heavy atom. The van der Waals surface area contributed by atoms with Crippen LogP contribution in [-0.2, 0) is 6.54 Å². The average molecular weight is 317 g/mol. The van der Waals surface area contributed by atoms with Gasteiger partial charge >= 0.3 is 6.03 Å². The summed E-state index contributed by atoms with van der Waals surface area (Å²) in [7, 11) is 0. The first-order valence-electron chi connectivity index (χ1n) is 7.76. The van der Waals surface area contributed by atoms with Gasteiger partial charge in [0.2, 0.25) is 0 Å². The lowest BCUT2D eigenvalue weighted by molar-refractivity contribution is 0.248. The van der Waals surface area contributed by atoms with Crippen LogP contribution < -0.4 is 16.0 Å². The van der Waals surface area contributed by atoms with Crippen LogP contribution in [0, 0.1) is 0 Å². The van der Waals surface area contributed by atoms with Gasteiger partial charge in [-0.2, -0.15) is 0 Å². The molecular formula is C20H19N3O. The SMILES string of the molecule is Nc1ccc(CNC(=O)N(c2ccccc2)c2ccccc2)cc1.